The van der Waals surface area contributed by atoms with Crippen molar-refractivity contribution in [3.05, 3.63) is 0 Å². The number of ether oxygens (including phenoxy) is 1. The maximum atomic E-state index is 11.5. The number of hydrazine groups is 1. The summed E-state index contributed by atoms with van der Waals surface area (Å²) in [5.74, 6) is 0. The fourth-order valence-corrected chi connectivity index (χ4v) is 1.65. The minimum Gasteiger partial charge on any atom is -0.443 e. The number of hydrogen-bond donors (Lipinski definition) is 2. The molecule has 0 aromatic rings. The van der Waals surface area contributed by atoms with Crippen molar-refractivity contribution >= 4 is 6.09 Å². The first-order valence-electron chi connectivity index (χ1n) is 5.39. The average molecular weight is 215 g/mol. The molecule has 1 fully saturated rings. The second-order valence-corrected chi connectivity index (χ2v) is 4.84. The largest absolute Gasteiger partial charge is 0.443 e. The minimum absolute atomic E-state index is 0.248. The third-order valence-electron chi connectivity index (χ3n) is 2.28. The molecule has 15 heavy (non-hydrogen) atoms. The fraction of sp³-hybridized carbons (Fsp3) is 0.900. The van der Waals surface area contributed by atoms with Gasteiger partial charge in [-0.2, -0.15) is 0 Å². The number of carbonyl (C=O) groups excluding carboxylic acids is 1. The Hall–Kier alpha value is -0.810. The standard InChI is InChI=1S/C10H21N3O2/c1-10(2,3)15-9(14)12-13-6-4-5-8(13)7-11/h8H,4-7,11H2,1-3H3,(H,12,14). The van der Waals surface area contributed by atoms with Gasteiger partial charge >= 0.3 is 6.09 Å². The molecule has 5 heteroatoms. The molecule has 0 bridgehead atoms. The highest BCUT2D eigenvalue weighted by atomic mass is 16.6. The molecule has 1 saturated heterocycles. The Balaban J connectivity index is 2.37. The topological polar surface area (TPSA) is 67.6 Å². The first-order valence-corrected chi connectivity index (χ1v) is 5.39. The van der Waals surface area contributed by atoms with E-state index >= 15 is 0 Å². The van der Waals surface area contributed by atoms with Gasteiger partial charge in [0.2, 0.25) is 0 Å². The molecule has 3 N–H and O–H groups in total. The Morgan fingerprint density at radius 1 is 1.60 bits per heavy atom. The normalized spacial score (nSPS) is 22.8. The van der Waals surface area contributed by atoms with E-state index in [-0.39, 0.29) is 6.04 Å². The SMILES string of the molecule is CC(C)(C)OC(=O)NN1CCCC1CN. The van der Waals surface area contributed by atoms with Gasteiger partial charge in [-0.3, -0.25) is 5.43 Å². The molecule has 0 saturated carbocycles. The van der Waals surface area contributed by atoms with Crippen molar-refractivity contribution in [2.24, 2.45) is 5.73 Å². The minimum atomic E-state index is -0.456. The molecule has 1 rings (SSSR count). The maximum absolute atomic E-state index is 11.5. The number of carbonyl (C=O) groups is 1. The Morgan fingerprint density at radius 2 is 2.27 bits per heavy atom. The summed E-state index contributed by atoms with van der Waals surface area (Å²) in [7, 11) is 0. The molecule has 0 aromatic carbocycles. The number of nitrogens with one attached hydrogen (secondary N) is 1. The third-order valence-corrected chi connectivity index (χ3v) is 2.28. The van der Waals surface area contributed by atoms with Crippen molar-refractivity contribution in [2.45, 2.75) is 45.3 Å². The van der Waals surface area contributed by atoms with E-state index in [0.717, 1.165) is 19.4 Å². The van der Waals surface area contributed by atoms with Gasteiger partial charge in [-0.25, -0.2) is 9.80 Å². The molecule has 1 aliphatic rings. The molecule has 1 aliphatic heterocycles. The van der Waals surface area contributed by atoms with Crippen LogP contribution in [0.3, 0.4) is 0 Å². The van der Waals surface area contributed by atoms with Crippen LogP contribution in [0.25, 0.3) is 0 Å². The lowest BCUT2D eigenvalue weighted by Gasteiger charge is -2.26. The number of rotatable bonds is 2. The van der Waals surface area contributed by atoms with Crippen LogP contribution in [0.4, 0.5) is 4.79 Å². The van der Waals surface area contributed by atoms with Gasteiger partial charge in [0.1, 0.15) is 5.60 Å². The highest BCUT2D eigenvalue weighted by molar-refractivity contribution is 5.67. The van der Waals surface area contributed by atoms with Gasteiger partial charge in [0.25, 0.3) is 0 Å². The van der Waals surface area contributed by atoms with Crippen LogP contribution in [0.5, 0.6) is 0 Å². The van der Waals surface area contributed by atoms with E-state index in [9.17, 15) is 4.79 Å². The third kappa shape index (κ3) is 4.05. The van der Waals surface area contributed by atoms with Crippen molar-refractivity contribution in [3.8, 4) is 0 Å². The number of nitrogens with two attached hydrogens (primary N) is 1. The molecule has 5 nitrogen and oxygen atoms in total. The number of hydrogen-bond acceptors (Lipinski definition) is 4. The Bertz CT molecular complexity index is 225. The molecule has 0 spiro atoms. The molecule has 1 amide bonds. The van der Waals surface area contributed by atoms with Crippen LogP contribution in [0.15, 0.2) is 0 Å². The Morgan fingerprint density at radius 3 is 2.80 bits per heavy atom. The van der Waals surface area contributed by atoms with E-state index in [1.54, 1.807) is 0 Å². The van der Waals surface area contributed by atoms with Gasteiger partial charge in [0.15, 0.2) is 0 Å². The van der Waals surface area contributed by atoms with E-state index in [1.807, 2.05) is 25.8 Å². The maximum Gasteiger partial charge on any atom is 0.422 e. The van der Waals surface area contributed by atoms with Crippen LogP contribution in [0, 0.1) is 0 Å². The van der Waals surface area contributed by atoms with Gasteiger partial charge < -0.3 is 10.5 Å². The second kappa shape index (κ2) is 4.81. The van der Waals surface area contributed by atoms with Crippen LogP contribution in [0.1, 0.15) is 33.6 Å². The summed E-state index contributed by atoms with van der Waals surface area (Å²) < 4.78 is 5.16. The monoisotopic (exact) mass is 215 g/mol. The van der Waals surface area contributed by atoms with E-state index in [1.165, 1.54) is 0 Å². The van der Waals surface area contributed by atoms with Crippen LogP contribution < -0.4 is 11.2 Å². The predicted molar refractivity (Wildman–Crippen MR) is 58.2 cm³/mol. The molecule has 0 aromatic heterocycles. The highest BCUT2D eigenvalue weighted by Gasteiger charge is 2.26. The summed E-state index contributed by atoms with van der Waals surface area (Å²) in [5.41, 5.74) is 7.87. The van der Waals surface area contributed by atoms with E-state index < -0.39 is 11.7 Å². The molecule has 88 valence electrons. The van der Waals surface area contributed by atoms with E-state index in [0.29, 0.717) is 6.54 Å². The Labute approximate surface area is 90.9 Å². The smallest absolute Gasteiger partial charge is 0.422 e. The predicted octanol–water partition coefficient (Wildman–Crippen LogP) is 0.849. The lowest BCUT2D eigenvalue weighted by molar-refractivity contribution is 0.0313. The van der Waals surface area contributed by atoms with Crippen LogP contribution >= 0.6 is 0 Å². The van der Waals surface area contributed by atoms with Crippen LogP contribution in [-0.2, 0) is 4.74 Å². The zero-order valence-corrected chi connectivity index (χ0v) is 9.75. The summed E-state index contributed by atoms with van der Waals surface area (Å²) >= 11 is 0. The van der Waals surface area contributed by atoms with E-state index in [4.69, 9.17) is 10.5 Å². The zero-order chi connectivity index (χ0) is 11.5. The first kappa shape index (κ1) is 12.3. The zero-order valence-electron chi connectivity index (χ0n) is 9.75. The summed E-state index contributed by atoms with van der Waals surface area (Å²) in [6.45, 7) is 6.95. The lowest BCUT2D eigenvalue weighted by Crippen LogP contribution is -2.49. The molecular weight excluding hydrogens is 194 g/mol. The van der Waals surface area contributed by atoms with Crippen molar-refractivity contribution < 1.29 is 9.53 Å². The van der Waals surface area contributed by atoms with Crippen molar-refractivity contribution in [1.82, 2.24) is 10.4 Å². The van der Waals surface area contributed by atoms with Gasteiger partial charge in [-0.15, -0.1) is 0 Å². The van der Waals surface area contributed by atoms with Gasteiger partial charge in [0.05, 0.1) is 0 Å². The average Bonchev–Trinajstić information content (AvgIpc) is 2.48. The van der Waals surface area contributed by atoms with Gasteiger partial charge in [-0.05, 0) is 33.6 Å². The molecule has 1 heterocycles. The van der Waals surface area contributed by atoms with Crippen LogP contribution in [0.2, 0.25) is 0 Å². The summed E-state index contributed by atoms with van der Waals surface area (Å²) in [5, 5.41) is 1.87. The van der Waals surface area contributed by atoms with Gasteiger partial charge in [-0.1, -0.05) is 0 Å². The molecule has 1 unspecified atom stereocenters. The molecule has 0 aliphatic carbocycles. The molecular formula is C10H21N3O2. The van der Waals surface area contributed by atoms with E-state index in [2.05, 4.69) is 5.43 Å². The van der Waals surface area contributed by atoms with Gasteiger partial charge in [0, 0.05) is 19.1 Å². The summed E-state index contributed by atoms with van der Waals surface area (Å²) in [6, 6.07) is 0.248. The number of nitrogens with zero attached hydrogens (tertiary/aromatic N) is 1. The fourth-order valence-electron chi connectivity index (χ4n) is 1.65. The second-order valence-electron chi connectivity index (χ2n) is 4.84. The van der Waals surface area contributed by atoms with Crippen molar-refractivity contribution in [3.63, 3.8) is 0 Å². The lowest BCUT2D eigenvalue weighted by atomic mass is 10.2. The first-order chi connectivity index (χ1) is 6.92. The quantitative estimate of drug-likeness (QED) is 0.716. The van der Waals surface area contributed by atoms with Crippen LogP contribution in [-0.4, -0.2) is 35.8 Å². The summed E-state index contributed by atoms with van der Waals surface area (Å²) in [4.78, 5) is 11.5. The van der Waals surface area contributed by atoms with Crippen molar-refractivity contribution in [2.75, 3.05) is 13.1 Å². The highest BCUT2D eigenvalue weighted by Crippen LogP contribution is 2.14. The molecule has 0 radical (unpaired) electrons. The van der Waals surface area contributed by atoms with Crippen molar-refractivity contribution in [1.29, 1.82) is 0 Å². The molecule has 1 atom stereocenters. The summed E-state index contributed by atoms with van der Waals surface area (Å²) in [6.07, 6.45) is 1.70. The number of amides is 1. The Kier molecular flexibility index (Phi) is 3.93.